The van der Waals surface area contributed by atoms with Gasteiger partial charge in [0.05, 0.1) is 0 Å². The van der Waals surface area contributed by atoms with Gasteiger partial charge >= 0.3 is 0 Å². The van der Waals surface area contributed by atoms with Crippen LogP contribution in [0.4, 0.5) is 4.39 Å². The van der Waals surface area contributed by atoms with Gasteiger partial charge in [-0.25, -0.2) is 4.39 Å². The molecule has 0 heterocycles. The van der Waals surface area contributed by atoms with E-state index in [2.05, 4.69) is 0 Å². The first-order chi connectivity index (χ1) is 9.95. The van der Waals surface area contributed by atoms with Gasteiger partial charge in [-0.05, 0) is 49.2 Å². The third-order valence-electron chi connectivity index (χ3n) is 3.19. The summed E-state index contributed by atoms with van der Waals surface area (Å²) in [4.78, 5) is 0. The molecule has 0 saturated heterocycles. The van der Waals surface area contributed by atoms with Crippen LogP contribution in [0.25, 0.3) is 0 Å². The van der Waals surface area contributed by atoms with Crippen LogP contribution >= 0.6 is 23.2 Å². The molecule has 2 nitrogen and oxygen atoms in total. The lowest BCUT2D eigenvalue weighted by Gasteiger charge is -2.22. The summed E-state index contributed by atoms with van der Waals surface area (Å²) in [5.41, 5.74) is 6.61. The third kappa shape index (κ3) is 4.60. The molecule has 0 amide bonds. The lowest BCUT2D eigenvalue weighted by Crippen LogP contribution is -2.38. The minimum Gasteiger partial charge on any atom is -0.489 e. The molecule has 2 aromatic rings. The van der Waals surface area contributed by atoms with E-state index >= 15 is 0 Å². The molecule has 2 N–H and O–H groups in total. The van der Waals surface area contributed by atoms with Crippen molar-refractivity contribution in [2.75, 3.05) is 0 Å². The van der Waals surface area contributed by atoms with Crippen molar-refractivity contribution >= 4 is 23.2 Å². The zero-order chi connectivity index (χ0) is 15.4. The van der Waals surface area contributed by atoms with Gasteiger partial charge in [0.2, 0.25) is 0 Å². The van der Waals surface area contributed by atoms with Crippen LogP contribution in [0, 0.1) is 5.82 Å². The Hall–Kier alpha value is -1.29. The number of benzene rings is 2. The average molecular weight is 328 g/mol. The number of halogens is 3. The summed E-state index contributed by atoms with van der Waals surface area (Å²) >= 11 is 11.6. The average Bonchev–Trinajstić information content (AvgIpc) is 2.41. The summed E-state index contributed by atoms with van der Waals surface area (Å²) in [5, 5.41) is 0.963. The Morgan fingerprint density at radius 2 is 1.86 bits per heavy atom. The van der Waals surface area contributed by atoms with Gasteiger partial charge in [0.1, 0.15) is 17.7 Å². The van der Waals surface area contributed by atoms with E-state index in [0.717, 1.165) is 0 Å². The molecular formula is C16H16Cl2FNO. The van der Waals surface area contributed by atoms with E-state index in [1.807, 2.05) is 6.92 Å². The molecule has 21 heavy (non-hydrogen) atoms. The van der Waals surface area contributed by atoms with Gasteiger partial charge in [-0.3, -0.25) is 0 Å². The molecule has 2 aromatic carbocycles. The molecule has 0 spiro atoms. The maximum absolute atomic E-state index is 13.8. The normalized spacial score (nSPS) is 13.8. The zero-order valence-electron chi connectivity index (χ0n) is 11.5. The van der Waals surface area contributed by atoms with Crippen molar-refractivity contribution in [3.63, 3.8) is 0 Å². The summed E-state index contributed by atoms with van der Waals surface area (Å²) in [5.74, 6) is 0.287. The van der Waals surface area contributed by atoms with Gasteiger partial charge in [0, 0.05) is 16.1 Å². The van der Waals surface area contributed by atoms with E-state index in [0.29, 0.717) is 27.8 Å². The zero-order valence-corrected chi connectivity index (χ0v) is 13.0. The van der Waals surface area contributed by atoms with Gasteiger partial charge in [-0.2, -0.15) is 0 Å². The predicted molar refractivity (Wildman–Crippen MR) is 84.6 cm³/mol. The van der Waals surface area contributed by atoms with E-state index in [4.69, 9.17) is 33.7 Å². The van der Waals surface area contributed by atoms with E-state index in [1.165, 1.54) is 6.07 Å². The van der Waals surface area contributed by atoms with E-state index < -0.39 is 0 Å². The fraction of sp³-hybridized carbons (Fsp3) is 0.250. The van der Waals surface area contributed by atoms with Crippen LogP contribution < -0.4 is 10.5 Å². The molecule has 112 valence electrons. The van der Waals surface area contributed by atoms with Crippen LogP contribution in [0.1, 0.15) is 12.5 Å². The topological polar surface area (TPSA) is 35.2 Å². The van der Waals surface area contributed by atoms with Crippen molar-refractivity contribution < 1.29 is 9.13 Å². The van der Waals surface area contributed by atoms with Crippen molar-refractivity contribution in [3.05, 3.63) is 63.9 Å². The maximum Gasteiger partial charge on any atom is 0.127 e. The predicted octanol–water partition coefficient (Wildman–Crippen LogP) is 4.47. The number of ether oxygens (including phenoxy) is 1. The summed E-state index contributed by atoms with van der Waals surface area (Å²) in [6.07, 6.45) is 0.0867. The minimum absolute atomic E-state index is 0.279. The Labute approximate surface area is 133 Å². The molecule has 5 heteroatoms. The van der Waals surface area contributed by atoms with Crippen molar-refractivity contribution in [1.82, 2.24) is 0 Å². The number of hydrogen-bond acceptors (Lipinski definition) is 2. The van der Waals surface area contributed by atoms with Crippen LogP contribution in [0.2, 0.25) is 10.0 Å². The summed E-state index contributed by atoms with van der Waals surface area (Å²) in [6.45, 7) is 1.85. The van der Waals surface area contributed by atoms with Crippen LogP contribution in [0.5, 0.6) is 5.75 Å². The fourth-order valence-electron chi connectivity index (χ4n) is 1.95. The van der Waals surface area contributed by atoms with E-state index in [9.17, 15) is 4.39 Å². The van der Waals surface area contributed by atoms with Crippen LogP contribution in [-0.2, 0) is 6.42 Å². The van der Waals surface area contributed by atoms with Crippen molar-refractivity contribution in [2.24, 2.45) is 5.73 Å². The minimum atomic E-state index is -0.354. The maximum atomic E-state index is 13.8. The van der Waals surface area contributed by atoms with Crippen LogP contribution in [0.15, 0.2) is 42.5 Å². The Morgan fingerprint density at radius 1 is 1.14 bits per heavy atom. The molecule has 0 aliphatic heterocycles. The molecule has 0 fully saturated rings. The highest BCUT2D eigenvalue weighted by Gasteiger charge is 2.17. The second-order valence-electron chi connectivity index (χ2n) is 4.88. The van der Waals surface area contributed by atoms with Crippen LogP contribution in [-0.4, -0.2) is 12.1 Å². The molecule has 0 aliphatic carbocycles. The summed E-state index contributed by atoms with van der Waals surface area (Å²) in [6, 6.07) is 11.3. The monoisotopic (exact) mass is 327 g/mol. The highest BCUT2D eigenvalue weighted by atomic mass is 35.5. The van der Waals surface area contributed by atoms with E-state index in [1.54, 1.807) is 36.4 Å². The molecule has 0 saturated carbocycles. The Balaban J connectivity index is 2.00. The second-order valence-corrected chi connectivity index (χ2v) is 5.76. The SMILES string of the molecule is CC(Oc1cccc(Cl)c1)C(N)Cc1ccc(Cl)cc1F. The number of hydrogen-bond donors (Lipinski definition) is 1. The first kappa shape index (κ1) is 16.1. The molecule has 2 unspecified atom stereocenters. The summed E-state index contributed by atoms with van der Waals surface area (Å²) < 4.78 is 19.5. The standard InChI is InChI=1S/C16H16Cl2FNO/c1-10(21-14-4-2-3-12(17)8-14)16(20)7-11-5-6-13(18)9-15(11)19/h2-6,8-10,16H,7,20H2,1H3. The van der Waals surface area contributed by atoms with Gasteiger partial charge in [-0.15, -0.1) is 0 Å². The van der Waals surface area contributed by atoms with Crippen LogP contribution in [0.3, 0.4) is 0 Å². The molecule has 0 aliphatic rings. The molecule has 0 aromatic heterocycles. The van der Waals surface area contributed by atoms with Crippen molar-refractivity contribution in [3.8, 4) is 5.75 Å². The number of nitrogens with two attached hydrogens (primary N) is 1. The van der Waals surface area contributed by atoms with Crippen molar-refractivity contribution in [2.45, 2.75) is 25.5 Å². The quantitative estimate of drug-likeness (QED) is 0.879. The first-order valence-electron chi connectivity index (χ1n) is 6.57. The Kier molecular flexibility index (Phi) is 5.45. The highest BCUT2D eigenvalue weighted by molar-refractivity contribution is 6.30. The largest absolute Gasteiger partial charge is 0.489 e. The lowest BCUT2D eigenvalue weighted by atomic mass is 10.0. The first-order valence-corrected chi connectivity index (χ1v) is 7.33. The van der Waals surface area contributed by atoms with Crippen molar-refractivity contribution in [1.29, 1.82) is 0 Å². The van der Waals surface area contributed by atoms with Gasteiger partial charge < -0.3 is 10.5 Å². The molecule has 0 radical (unpaired) electrons. The molecule has 2 rings (SSSR count). The van der Waals surface area contributed by atoms with E-state index in [-0.39, 0.29) is 18.0 Å². The third-order valence-corrected chi connectivity index (χ3v) is 3.66. The Bertz CT molecular complexity index is 621. The second kappa shape index (κ2) is 7.12. The highest BCUT2D eigenvalue weighted by Crippen LogP contribution is 2.20. The molecule has 2 atom stereocenters. The Morgan fingerprint density at radius 3 is 2.52 bits per heavy atom. The van der Waals surface area contributed by atoms with Gasteiger partial charge in [-0.1, -0.05) is 35.3 Å². The number of rotatable bonds is 5. The molecular weight excluding hydrogens is 312 g/mol. The fourth-order valence-corrected chi connectivity index (χ4v) is 2.29. The van der Waals surface area contributed by atoms with Gasteiger partial charge in [0.15, 0.2) is 0 Å². The van der Waals surface area contributed by atoms with Gasteiger partial charge in [0.25, 0.3) is 0 Å². The lowest BCUT2D eigenvalue weighted by molar-refractivity contribution is 0.188. The summed E-state index contributed by atoms with van der Waals surface area (Å²) in [7, 11) is 0. The molecule has 0 bridgehead atoms. The smallest absolute Gasteiger partial charge is 0.127 e.